The number of nitrogens with one attached hydrogen (secondary N) is 2. The molecule has 7 rings (SSSR count). The number of carbonyl (C=O) groups excluding carboxylic acids is 1. The van der Waals surface area contributed by atoms with Gasteiger partial charge < -0.3 is 15.0 Å². The summed E-state index contributed by atoms with van der Waals surface area (Å²) in [6, 6.07) is 18.5. The molecule has 0 aliphatic carbocycles. The lowest BCUT2D eigenvalue weighted by molar-refractivity contribution is 0.122. The largest absolute Gasteiger partial charge is 0.378 e. The number of urea groups is 1. The van der Waals surface area contributed by atoms with E-state index >= 15 is 0 Å². The molecule has 0 unspecified atom stereocenters. The highest BCUT2D eigenvalue weighted by Crippen LogP contribution is 2.32. The van der Waals surface area contributed by atoms with Crippen molar-refractivity contribution in [3.8, 4) is 11.4 Å². The number of anilines is 2. The second-order valence-electron chi connectivity index (χ2n) is 11.6. The molecular weight excluding hydrogens is 542 g/mol. The fourth-order valence-corrected chi connectivity index (χ4v) is 6.32. The van der Waals surface area contributed by atoms with Crippen molar-refractivity contribution >= 4 is 28.6 Å². The third-order valence-corrected chi connectivity index (χ3v) is 8.66. The first-order valence-electron chi connectivity index (χ1n) is 15.5. The molecule has 5 heterocycles. The molecule has 11 heteroatoms. The van der Waals surface area contributed by atoms with Gasteiger partial charge in [-0.2, -0.15) is 5.10 Å². The lowest BCUT2D eigenvalue weighted by atomic mass is 10.0. The summed E-state index contributed by atoms with van der Waals surface area (Å²) in [6.45, 7) is 7.72. The highest BCUT2D eigenvalue weighted by molar-refractivity contribution is 5.90. The maximum atomic E-state index is 12.4. The van der Waals surface area contributed by atoms with Crippen LogP contribution < -0.4 is 15.6 Å². The molecule has 0 saturated carbocycles. The van der Waals surface area contributed by atoms with Gasteiger partial charge in [-0.1, -0.05) is 30.3 Å². The summed E-state index contributed by atoms with van der Waals surface area (Å²) in [7, 11) is 0. The molecule has 0 bridgehead atoms. The monoisotopic (exact) mass is 581 g/mol. The van der Waals surface area contributed by atoms with E-state index in [2.05, 4.69) is 55.6 Å². The molecule has 224 valence electrons. The van der Waals surface area contributed by atoms with Gasteiger partial charge in [-0.25, -0.2) is 24.5 Å². The zero-order valence-electron chi connectivity index (χ0n) is 24.5. The van der Waals surface area contributed by atoms with Gasteiger partial charge in [-0.3, -0.25) is 10.3 Å². The van der Waals surface area contributed by atoms with Crippen LogP contribution in [0.4, 0.5) is 16.3 Å². The zero-order valence-corrected chi connectivity index (χ0v) is 24.5. The number of benzene rings is 2. The van der Waals surface area contributed by atoms with E-state index in [9.17, 15) is 4.79 Å². The molecule has 3 aliphatic rings. The highest BCUT2D eigenvalue weighted by atomic mass is 16.5. The SMILES string of the molecule is O=C(Nc1ccc(-c2nc(N3CCOCC3)c3cnn(C4CCN(Cc5ccccc5)CC4)c3n2)cc1)NN1CCCC1. The summed E-state index contributed by atoms with van der Waals surface area (Å²) in [5.41, 5.74) is 6.77. The van der Waals surface area contributed by atoms with Crippen molar-refractivity contribution in [2.75, 3.05) is 62.7 Å². The minimum atomic E-state index is -0.222. The van der Waals surface area contributed by atoms with Crippen LogP contribution in [-0.4, -0.2) is 88.2 Å². The lowest BCUT2D eigenvalue weighted by Gasteiger charge is -2.32. The van der Waals surface area contributed by atoms with Gasteiger partial charge in [0.2, 0.25) is 0 Å². The topological polar surface area (TPSA) is 104 Å². The molecule has 4 aromatic rings. The molecule has 3 saturated heterocycles. The Morgan fingerprint density at radius 2 is 1.63 bits per heavy atom. The average Bonchev–Trinajstić information content (AvgIpc) is 3.72. The number of piperidine rings is 1. The van der Waals surface area contributed by atoms with Crippen LogP contribution in [0.1, 0.15) is 37.3 Å². The minimum absolute atomic E-state index is 0.222. The standard InChI is InChI=1S/C32H39N9O2/c42-32(37-40-14-4-5-15-40)34-26-10-8-25(9-11-26)29-35-30(39-18-20-43-21-19-39)28-22-33-41(31(28)36-29)27-12-16-38(17-13-27)23-24-6-2-1-3-7-24/h1-3,6-11,22,27H,4-5,12-21,23H2,(H2,34,37,42). The molecule has 2 aromatic carbocycles. The molecule has 0 radical (unpaired) electrons. The van der Waals surface area contributed by atoms with E-state index in [0.717, 1.165) is 99.6 Å². The van der Waals surface area contributed by atoms with Crippen LogP contribution in [0.2, 0.25) is 0 Å². The summed E-state index contributed by atoms with van der Waals surface area (Å²) in [5.74, 6) is 1.56. The maximum Gasteiger partial charge on any atom is 0.333 e. The van der Waals surface area contributed by atoms with Gasteiger partial charge in [0, 0.05) is 57.1 Å². The number of nitrogens with zero attached hydrogens (tertiary/aromatic N) is 7. The highest BCUT2D eigenvalue weighted by Gasteiger charge is 2.26. The Balaban J connectivity index is 1.12. The Bertz CT molecular complexity index is 1520. The first kappa shape index (κ1) is 27.8. The molecule has 0 atom stereocenters. The summed E-state index contributed by atoms with van der Waals surface area (Å²) in [4.78, 5) is 27.4. The number of carbonyl (C=O) groups is 1. The van der Waals surface area contributed by atoms with Crippen LogP contribution in [0.25, 0.3) is 22.4 Å². The zero-order chi connectivity index (χ0) is 29.0. The molecule has 3 fully saturated rings. The van der Waals surface area contributed by atoms with Crippen molar-refractivity contribution < 1.29 is 9.53 Å². The molecule has 43 heavy (non-hydrogen) atoms. The number of aromatic nitrogens is 4. The van der Waals surface area contributed by atoms with E-state index in [1.165, 1.54) is 5.56 Å². The first-order valence-corrected chi connectivity index (χ1v) is 15.5. The van der Waals surface area contributed by atoms with Crippen molar-refractivity contribution in [1.29, 1.82) is 0 Å². The van der Waals surface area contributed by atoms with Gasteiger partial charge in [-0.15, -0.1) is 0 Å². The number of hydrogen-bond donors (Lipinski definition) is 2. The smallest absolute Gasteiger partial charge is 0.333 e. The van der Waals surface area contributed by atoms with E-state index in [4.69, 9.17) is 19.8 Å². The second-order valence-corrected chi connectivity index (χ2v) is 11.6. The summed E-state index contributed by atoms with van der Waals surface area (Å²) >= 11 is 0. The van der Waals surface area contributed by atoms with Gasteiger partial charge >= 0.3 is 6.03 Å². The Hall–Kier alpha value is -4.06. The van der Waals surface area contributed by atoms with Gasteiger partial charge in [0.15, 0.2) is 11.5 Å². The van der Waals surface area contributed by atoms with Gasteiger partial charge in [0.05, 0.1) is 30.8 Å². The number of morpholine rings is 1. The number of hydrogen-bond acceptors (Lipinski definition) is 8. The van der Waals surface area contributed by atoms with Crippen LogP contribution in [0, 0.1) is 0 Å². The van der Waals surface area contributed by atoms with Crippen molar-refractivity contribution in [2.24, 2.45) is 0 Å². The third-order valence-electron chi connectivity index (χ3n) is 8.66. The van der Waals surface area contributed by atoms with Crippen LogP contribution in [0.15, 0.2) is 60.8 Å². The third kappa shape index (κ3) is 6.34. The molecule has 2 aromatic heterocycles. The first-order chi connectivity index (χ1) is 21.2. The quantitative estimate of drug-likeness (QED) is 0.333. The summed E-state index contributed by atoms with van der Waals surface area (Å²) < 4.78 is 7.76. The number of amides is 2. The summed E-state index contributed by atoms with van der Waals surface area (Å²) in [6.07, 6.45) is 6.20. The van der Waals surface area contributed by atoms with E-state index < -0.39 is 0 Å². The molecule has 0 spiro atoms. The van der Waals surface area contributed by atoms with E-state index in [1.807, 2.05) is 35.5 Å². The molecular formula is C32H39N9O2. The Morgan fingerprint density at radius 1 is 0.884 bits per heavy atom. The number of hydrazine groups is 1. The van der Waals surface area contributed by atoms with Crippen molar-refractivity contribution in [3.63, 3.8) is 0 Å². The predicted octanol–water partition coefficient (Wildman–Crippen LogP) is 4.30. The van der Waals surface area contributed by atoms with E-state index in [-0.39, 0.29) is 12.1 Å². The number of ether oxygens (including phenoxy) is 1. The van der Waals surface area contributed by atoms with Crippen LogP contribution in [-0.2, 0) is 11.3 Å². The number of likely N-dealkylation sites (tertiary alicyclic amines) is 1. The second kappa shape index (κ2) is 12.7. The number of fused-ring (bicyclic) bond motifs is 1. The normalized spacial score (nSPS) is 18.7. The predicted molar refractivity (Wildman–Crippen MR) is 167 cm³/mol. The fourth-order valence-electron chi connectivity index (χ4n) is 6.32. The Labute approximate surface area is 251 Å². The number of rotatable bonds is 7. The van der Waals surface area contributed by atoms with Crippen molar-refractivity contribution in [3.05, 3.63) is 66.4 Å². The fraction of sp³-hybridized carbons (Fsp3) is 0.438. The van der Waals surface area contributed by atoms with Gasteiger partial charge in [-0.05, 0) is 55.5 Å². The maximum absolute atomic E-state index is 12.4. The average molecular weight is 582 g/mol. The van der Waals surface area contributed by atoms with Crippen LogP contribution >= 0.6 is 0 Å². The molecule has 11 nitrogen and oxygen atoms in total. The summed E-state index contributed by atoms with van der Waals surface area (Å²) in [5, 5.41) is 10.8. The molecule has 3 aliphatic heterocycles. The molecule has 2 N–H and O–H groups in total. The lowest BCUT2D eigenvalue weighted by Crippen LogP contribution is -2.42. The van der Waals surface area contributed by atoms with E-state index in [1.54, 1.807) is 0 Å². The Morgan fingerprint density at radius 3 is 2.37 bits per heavy atom. The minimum Gasteiger partial charge on any atom is -0.378 e. The van der Waals surface area contributed by atoms with Crippen molar-refractivity contribution in [1.82, 2.24) is 35.1 Å². The van der Waals surface area contributed by atoms with Crippen molar-refractivity contribution in [2.45, 2.75) is 38.3 Å². The van der Waals surface area contributed by atoms with Crippen LogP contribution in [0.5, 0.6) is 0 Å². The van der Waals surface area contributed by atoms with Gasteiger partial charge in [0.25, 0.3) is 0 Å². The Kier molecular flexibility index (Phi) is 8.17. The van der Waals surface area contributed by atoms with Gasteiger partial charge in [0.1, 0.15) is 5.82 Å². The van der Waals surface area contributed by atoms with E-state index in [0.29, 0.717) is 19.0 Å². The molecule has 2 amide bonds. The van der Waals surface area contributed by atoms with Crippen LogP contribution in [0.3, 0.4) is 0 Å².